The number of piperazine rings is 1. The molecule has 2 saturated heterocycles. The van der Waals surface area contributed by atoms with Gasteiger partial charge < -0.3 is 25.0 Å². The Balaban J connectivity index is 1.50. The van der Waals surface area contributed by atoms with Gasteiger partial charge in [-0.1, -0.05) is 36.1 Å². The maximum absolute atomic E-state index is 13.9. The number of rotatable bonds is 4. The summed E-state index contributed by atoms with van der Waals surface area (Å²) in [5.74, 6) is 5.01. The Morgan fingerprint density at radius 2 is 2.00 bits per heavy atom. The fraction of sp³-hybridized carbons (Fsp3) is 0.333. The predicted octanol–water partition coefficient (Wildman–Crippen LogP) is 2.03. The second-order valence-corrected chi connectivity index (χ2v) is 7.79. The van der Waals surface area contributed by atoms with Crippen molar-refractivity contribution in [3.05, 3.63) is 65.5 Å². The summed E-state index contributed by atoms with van der Waals surface area (Å²) in [6.45, 7) is 0.362. The zero-order chi connectivity index (χ0) is 22.7. The van der Waals surface area contributed by atoms with Crippen LogP contribution in [0.3, 0.4) is 0 Å². The topological polar surface area (TPSA) is 82.1 Å². The van der Waals surface area contributed by atoms with Crippen molar-refractivity contribution in [3.8, 4) is 11.8 Å². The number of amides is 3. The largest absolute Gasteiger partial charge is 0.394 e. The quantitative estimate of drug-likeness (QED) is 0.718. The maximum atomic E-state index is 13.9. The summed E-state index contributed by atoms with van der Waals surface area (Å²) in [4.78, 5) is 28.5. The molecule has 2 N–H and O–H groups in total. The first-order valence-corrected chi connectivity index (χ1v) is 10.3. The number of ether oxygens (including phenoxy) is 1. The number of fused-ring (bicyclic) bond motifs is 1. The van der Waals surface area contributed by atoms with Gasteiger partial charge >= 0.3 is 6.03 Å². The average molecular weight is 437 g/mol. The molecule has 166 valence electrons. The number of aliphatic hydroxyl groups excluding tert-OH is 1. The number of nitrogens with zero attached hydrogens (tertiary/aromatic N) is 2. The molecule has 32 heavy (non-hydrogen) atoms. The molecule has 2 fully saturated rings. The molecule has 0 bridgehead atoms. The van der Waals surface area contributed by atoms with Crippen LogP contribution in [0.15, 0.2) is 48.5 Å². The van der Waals surface area contributed by atoms with Crippen LogP contribution in [0, 0.1) is 17.7 Å². The zero-order valence-corrected chi connectivity index (χ0v) is 17.6. The molecule has 0 saturated carbocycles. The molecule has 0 spiro atoms. The lowest BCUT2D eigenvalue weighted by atomic mass is 9.73. The van der Waals surface area contributed by atoms with Crippen molar-refractivity contribution >= 4 is 17.6 Å². The number of carbonyl (C=O) groups is 2. The van der Waals surface area contributed by atoms with E-state index in [9.17, 15) is 19.1 Å². The molecule has 2 heterocycles. The lowest BCUT2D eigenvalue weighted by molar-refractivity contribution is -0.159. The number of hydrogen-bond acceptors (Lipinski definition) is 4. The highest BCUT2D eigenvalue weighted by Gasteiger charge is 2.54. The second-order valence-electron chi connectivity index (χ2n) is 7.79. The Morgan fingerprint density at radius 1 is 1.25 bits per heavy atom. The van der Waals surface area contributed by atoms with Crippen molar-refractivity contribution < 1.29 is 23.8 Å². The van der Waals surface area contributed by atoms with Crippen molar-refractivity contribution in [1.82, 2.24) is 9.80 Å². The third-order valence-electron chi connectivity index (χ3n) is 5.90. The van der Waals surface area contributed by atoms with E-state index in [4.69, 9.17) is 4.74 Å². The summed E-state index contributed by atoms with van der Waals surface area (Å²) in [5.41, 5.74) is 1.87. The van der Waals surface area contributed by atoms with Crippen LogP contribution in [0.25, 0.3) is 0 Å². The van der Waals surface area contributed by atoms with E-state index in [2.05, 4.69) is 17.2 Å². The third kappa shape index (κ3) is 4.17. The lowest BCUT2D eigenvalue weighted by Gasteiger charge is -2.58. The van der Waals surface area contributed by atoms with Gasteiger partial charge in [0.15, 0.2) is 0 Å². The van der Waals surface area contributed by atoms with E-state index in [1.807, 2.05) is 24.3 Å². The first kappa shape index (κ1) is 21.8. The summed E-state index contributed by atoms with van der Waals surface area (Å²) >= 11 is 0. The van der Waals surface area contributed by atoms with Gasteiger partial charge in [0.25, 0.3) is 0 Å². The molecule has 2 aliphatic heterocycles. The lowest BCUT2D eigenvalue weighted by Crippen LogP contribution is -2.73. The average Bonchev–Trinajstić information content (AvgIpc) is 2.78. The number of nitrogens with one attached hydrogen (secondary N) is 1. The maximum Gasteiger partial charge on any atom is 0.322 e. The first-order valence-electron chi connectivity index (χ1n) is 10.3. The number of aliphatic hydroxyl groups is 1. The summed E-state index contributed by atoms with van der Waals surface area (Å²) in [6, 6.07) is 12.4. The molecule has 0 aliphatic carbocycles. The fourth-order valence-electron chi connectivity index (χ4n) is 4.41. The second kappa shape index (κ2) is 9.39. The van der Waals surface area contributed by atoms with E-state index in [1.165, 1.54) is 23.1 Å². The van der Waals surface area contributed by atoms with Crippen LogP contribution in [0.2, 0.25) is 0 Å². The number of anilines is 1. The van der Waals surface area contributed by atoms with Crippen LogP contribution in [-0.2, 0) is 9.53 Å². The zero-order valence-electron chi connectivity index (χ0n) is 17.6. The Labute approximate surface area is 185 Å². The molecule has 4 rings (SSSR count). The predicted molar refractivity (Wildman–Crippen MR) is 116 cm³/mol. The molecule has 2 aromatic carbocycles. The van der Waals surface area contributed by atoms with E-state index < -0.39 is 11.8 Å². The molecule has 3 atom stereocenters. The molecule has 0 aromatic heterocycles. The number of halogens is 1. The minimum Gasteiger partial charge on any atom is -0.394 e. The summed E-state index contributed by atoms with van der Waals surface area (Å²) in [5, 5.41) is 12.4. The fourth-order valence-corrected chi connectivity index (χ4v) is 4.41. The van der Waals surface area contributed by atoms with Crippen LogP contribution in [0.1, 0.15) is 17.0 Å². The number of benzene rings is 2. The molecule has 7 nitrogen and oxygen atoms in total. The number of methoxy groups -OCH3 is 1. The Hall–Kier alpha value is -3.41. The van der Waals surface area contributed by atoms with Gasteiger partial charge in [0.05, 0.1) is 24.4 Å². The molecular weight excluding hydrogens is 413 g/mol. The van der Waals surface area contributed by atoms with Crippen molar-refractivity contribution in [1.29, 1.82) is 0 Å². The summed E-state index contributed by atoms with van der Waals surface area (Å²) in [6.07, 6.45) is 0. The Bertz CT molecular complexity index is 1060. The van der Waals surface area contributed by atoms with Crippen molar-refractivity contribution in [2.45, 2.75) is 18.0 Å². The van der Waals surface area contributed by atoms with Gasteiger partial charge in [-0.3, -0.25) is 4.79 Å². The van der Waals surface area contributed by atoms with Gasteiger partial charge in [0.2, 0.25) is 5.91 Å². The number of para-hydroxylation sites is 1. The van der Waals surface area contributed by atoms with E-state index in [1.54, 1.807) is 18.1 Å². The van der Waals surface area contributed by atoms with Gasteiger partial charge in [0.1, 0.15) is 19.0 Å². The number of carbonyl (C=O) groups excluding carboxylic acids is 2. The summed E-state index contributed by atoms with van der Waals surface area (Å²) < 4.78 is 18.8. The van der Waals surface area contributed by atoms with E-state index >= 15 is 0 Å². The highest BCUT2D eigenvalue weighted by atomic mass is 19.1. The smallest absolute Gasteiger partial charge is 0.322 e. The minimum atomic E-state index is -0.540. The van der Waals surface area contributed by atoms with Crippen LogP contribution in [0.4, 0.5) is 14.9 Å². The third-order valence-corrected chi connectivity index (χ3v) is 5.90. The normalized spacial score (nSPS) is 21.8. The van der Waals surface area contributed by atoms with Crippen molar-refractivity contribution in [3.63, 3.8) is 0 Å². The highest BCUT2D eigenvalue weighted by Crippen LogP contribution is 2.43. The van der Waals surface area contributed by atoms with Gasteiger partial charge in [0, 0.05) is 25.1 Å². The molecule has 2 aliphatic rings. The molecule has 2 aromatic rings. The molecule has 3 amide bonds. The first-order chi connectivity index (χ1) is 15.5. The van der Waals surface area contributed by atoms with Crippen molar-refractivity contribution in [2.24, 2.45) is 0 Å². The van der Waals surface area contributed by atoms with E-state index in [0.29, 0.717) is 13.2 Å². The van der Waals surface area contributed by atoms with Gasteiger partial charge in [-0.25, -0.2) is 9.18 Å². The van der Waals surface area contributed by atoms with Gasteiger partial charge in [-0.05, 0) is 29.8 Å². The minimum absolute atomic E-state index is 0.0657. The highest BCUT2D eigenvalue weighted by molar-refractivity contribution is 5.93. The molecule has 0 radical (unpaired) electrons. The SMILES string of the molecule is COCC#Cc1ccc([C@H]2[C@@H](CO)N3C(=O)CN(C(=O)Nc4ccccc4F)C[C@@H]23)cc1. The standard InChI is InChI=1S/C24H24FN3O4/c1-32-12-4-5-16-8-10-17(11-9-16)23-20-13-27(14-22(30)28(20)21(23)15-29)24(31)26-19-7-3-2-6-18(19)25/h2-3,6-11,20-21,23,29H,12-15H2,1H3,(H,26,31)/t20-,21+,23+/m0/s1. The molecular formula is C24H24FN3O4. The van der Waals surface area contributed by atoms with Crippen molar-refractivity contribution in [2.75, 3.05) is 38.7 Å². The van der Waals surface area contributed by atoms with Crippen LogP contribution in [0.5, 0.6) is 0 Å². The van der Waals surface area contributed by atoms with Gasteiger partial charge in [-0.2, -0.15) is 0 Å². The van der Waals surface area contributed by atoms with E-state index in [-0.39, 0.29) is 42.7 Å². The van der Waals surface area contributed by atoms with Crippen LogP contribution >= 0.6 is 0 Å². The number of urea groups is 1. The van der Waals surface area contributed by atoms with E-state index in [0.717, 1.165) is 11.1 Å². The Kier molecular flexibility index (Phi) is 6.40. The summed E-state index contributed by atoms with van der Waals surface area (Å²) in [7, 11) is 1.58. The molecule has 0 unspecified atom stereocenters. The van der Waals surface area contributed by atoms with Crippen LogP contribution < -0.4 is 5.32 Å². The monoisotopic (exact) mass is 437 g/mol. The molecule has 8 heteroatoms. The van der Waals surface area contributed by atoms with Crippen LogP contribution in [-0.4, -0.2) is 72.3 Å². The van der Waals surface area contributed by atoms with Gasteiger partial charge in [-0.15, -0.1) is 0 Å². The number of hydrogen-bond donors (Lipinski definition) is 2. The Morgan fingerprint density at radius 3 is 2.69 bits per heavy atom.